The molecule has 1 aromatic rings. The first-order chi connectivity index (χ1) is 9.37. The van der Waals surface area contributed by atoms with Crippen molar-refractivity contribution in [2.45, 2.75) is 26.7 Å². The number of carbonyl (C=O) groups excluding carboxylic acids is 1. The van der Waals surface area contributed by atoms with E-state index in [0.29, 0.717) is 6.54 Å². The van der Waals surface area contributed by atoms with Gasteiger partial charge in [-0.15, -0.1) is 0 Å². The van der Waals surface area contributed by atoms with Gasteiger partial charge in [-0.25, -0.2) is 0 Å². The second-order valence-electron chi connectivity index (χ2n) is 5.41. The first-order valence-corrected chi connectivity index (χ1v) is 7.57. The van der Waals surface area contributed by atoms with Crippen LogP contribution in [0, 0.1) is 15.5 Å². The summed E-state index contributed by atoms with van der Waals surface area (Å²) >= 11 is 3.38. The van der Waals surface area contributed by atoms with Crippen molar-refractivity contribution in [3.8, 4) is 0 Å². The van der Waals surface area contributed by atoms with Crippen LogP contribution in [-0.2, 0) is 0 Å². The van der Waals surface area contributed by atoms with E-state index in [9.17, 15) is 14.9 Å². The molecule has 0 spiro atoms. The molecule has 0 bridgehead atoms. The Morgan fingerprint density at radius 3 is 2.65 bits per heavy atom. The third-order valence-corrected chi connectivity index (χ3v) is 3.62. The van der Waals surface area contributed by atoms with Crippen LogP contribution in [0.2, 0.25) is 0 Å². The molecule has 1 N–H and O–H groups in total. The molecular formula is C14H19BrN2O3. The number of rotatable bonds is 7. The van der Waals surface area contributed by atoms with Gasteiger partial charge < -0.3 is 5.32 Å². The van der Waals surface area contributed by atoms with Gasteiger partial charge >= 0.3 is 0 Å². The highest BCUT2D eigenvalue weighted by molar-refractivity contribution is 9.09. The third-order valence-electron chi connectivity index (χ3n) is 3.06. The molecule has 6 heteroatoms. The van der Waals surface area contributed by atoms with E-state index in [1.165, 1.54) is 12.1 Å². The van der Waals surface area contributed by atoms with Gasteiger partial charge in [0, 0.05) is 17.9 Å². The quantitative estimate of drug-likeness (QED) is 0.468. The van der Waals surface area contributed by atoms with E-state index in [4.69, 9.17) is 0 Å². The number of hydrogen-bond acceptors (Lipinski definition) is 3. The number of amides is 1. The van der Waals surface area contributed by atoms with Crippen LogP contribution in [0.1, 0.15) is 37.0 Å². The Morgan fingerprint density at radius 2 is 2.05 bits per heavy atom. The van der Waals surface area contributed by atoms with Crippen LogP contribution < -0.4 is 5.32 Å². The lowest BCUT2D eigenvalue weighted by Gasteiger charge is -2.24. The van der Waals surface area contributed by atoms with Crippen molar-refractivity contribution in [1.29, 1.82) is 0 Å². The van der Waals surface area contributed by atoms with Crippen molar-refractivity contribution in [2.75, 3.05) is 11.9 Å². The van der Waals surface area contributed by atoms with Gasteiger partial charge in [0.1, 0.15) is 5.56 Å². The van der Waals surface area contributed by atoms with E-state index in [1.807, 2.05) is 0 Å². The SMILES string of the molecule is CC(C)(CCCBr)CNC(=O)c1ccccc1[N+](=O)[O-]. The molecule has 1 aromatic carbocycles. The number of alkyl halides is 1. The topological polar surface area (TPSA) is 72.2 Å². The normalized spacial score (nSPS) is 11.2. The Balaban J connectivity index is 2.70. The summed E-state index contributed by atoms with van der Waals surface area (Å²) in [6, 6.07) is 5.98. The molecule has 20 heavy (non-hydrogen) atoms. The van der Waals surface area contributed by atoms with Crippen molar-refractivity contribution in [3.05, 3.63) is 39.9 Å². The van der Waals surface area contributed by atoms with Crippen LogP contribution in [0.4, 0.5) is 5.69 Å². The van der Waals surface area contributed by atoms with Gasteiger partial charge in [0.2, 0.25) is 0 Å². The molecule has 0 fully saturated rings. The Hall–Kier alpha value is -1.43. The summed E-state index contributed by atoms with van der Waals surface area (Å²) in [5, 5.41) is 14.6. The van der Waals surface area contributed by atoms with E-state index in [2.05, 4.69) is 35.1 Å². The van der Waals surface area contributed by atoms with Gasteiger partial charge in [-0.05, 0) is 24.3 Å². The highest BCUT2D eigenvalue weighted by Crippen LogP contribution is 2.22. The molecule has 0 aliphatic rings. The lowest BCUT2D eigenvalue weighted by atomic mass is 9.88. The van der Waals surface area contributed by atoms with Crippen LogP contribution in [0.5, 0.6) is 0 Å². The van der Waals surface area contributed by atoms with Crippen molar-refractivity contribution >= 4 is 27.5 Å². The maximum atomic E-state index is 12.1. The summed E-state index contributed by atoms with van der Waals surface area (Å²) in [6.07, 6.45) is 1.99. The predicted octanol–water partition coefficient (Wildman–Crippen LogP) is 3.53. The van der Waals surface area contributed by atoms with Gasteiger partial charge in [-0.2, -0.15) is 0 Å². The molecule has 0 saturated heterocycles. The fraction of sp³-hybridized carbons (Fsp3) is 0.500. The zero-order valence-corrected chi connectivity index (χ0v) is 13.3. The zero-order chi connectivity index (χ0) is 15.2. The summed E-state index contributed by atoms with van der Waals surface area (Å²) < 4.78 is 0. The number of halogens is 1. The number of nitro benzene ring substituents is 1. The number of nitro groups is 1. The highest BCUT2D eigenvalue weighted by atomic mass is 79.9. The minimum absolute atomic E-state index is 0.0347. The molecular weight excluding hydrogens is 324 g/mol. The number of nitrogens with one attached hydrogen (secondary N) is 1. The van der Waals surface area contributed by atoms with Gasteiger partial charge in [0.25, 0.3) is 11.6 Å². The summed E-state index contributed by atoms with van der Waals surface area (Å²) in [7, 11) is 0. The van der Waals surface area contributed by atoms with Crippen molar-refractivity contribution in [1.82, 2.24) is 5.32 Å². The smallest absolute Gasteiger partial charge is 0.282 e. The molecule has 0 atom stereocenters. The molecule has 0 radical (unpaired) electrons. The van der Waals surface area contributed by atoms with Gasteiger partial charge in [-0.1, -0.05) is 41.9 Å². The van der Waals surface area contributed by atoms with Crippen LogP contribution in [0.3, 0.4) is 0 Å². The molecule has 0 aliphatic heterocycles. The van der Waals surface area contributed by atoms with E-state index in [0.717, 1.165) is 18.2 Å². The maximum Gasteiger partial charge on any atom is 0.282 e. The molecule has 0 aromatic heterocycles. The van der Waals surface area contributed by atoms with Crippen molar-refractivity contribution in [2.24, 2.45) is 5.41 Å². The zero-order valence-electron chi connectivity index (χ0n) is 11.7. The minimum Gasteiger partial charge on any atom is -0.351 e. The summed E-state index contributed by atoms with van der Waals surface area (Å²) in [4.78, 5) is 22.4. The first-order valence-electron chi connectivity index (χ1n) is 6.45. The van der Waals surface area contributed by atoms with E-state index in [-0.39, 0.29) is 16.7 Å². The van der Waals surface area contributed by atoms with Gasteiger partial charge in [0.05, 0.1) is 4.92 Å². The van der Waals surface area contributed by atoms with Gasteiger partial charge in [-0.3, -0.25) is 14.9 Å². The second-order valence-corrected chi connectivity index (χ2v) is 6.21. The predicted molar refractivity (Wildman–Crippen MR) is 82.2 cm³/mol. The Morgan fingerprint density at radius 1 is 1.40 bits per heavy atom. The Labute approximate surface area is 127 Å². The summed E-state index contributed by atoms with van der Waals surface area (Å²) in [5.74, 6) is -0.399. The second kappa shape index (κ2) is 7.38. The molecule has 0 saturated carbocycles. The standard InChI is InChI=1S/C14H19BrN2O3/c1-14(2,8-5-9-15)10-16-13(18)11-6-3-4-7-12(11)17(19)20/h3-4,6-7H,5,8-10H2,1-2H3,(H,16,18). The third kappa shape index (κ3) is 4.92. The first kappa shape index (κ1) is 16.6. The molecule has 5 nitrogen and oxygen atoms in total. The van der Waals surface area contributed by atoms with E-state index < -0.39 is 10.8 Å². The number of para-hydroxylation sites is 1. The van der Waals surface area contributed by atoms with Gasteiger partial charge in [0.15, 0.2) is 0 Å². The average molecular weight is 343 g/mol. The van der Waals surface area contributed by atoms with Crippen LogP contribution in [0.25, 0.3) is 0 Å². The monoisotopic (exact) mass is 342 g/mol. The highest BCUT2D eigenvalue weighted by Gasteiger charge is 2.22. The number of hydrogen-bond donors (Lipinski definition) is 1. The fourth-order valence-electron chi connectivity index (χ4n) is 1.87. The Kier molecular flexibility index (Phi) is 6.13. The molecule has 0 heterocycles. The lowest BCUT2D eigenvalue weighted by molar-refractivity contribution is -0.385. The molecule has 0 unspecified atom stereocenters. The molecule has 1 amide bonds. The fourth-order valence-corrected chi connectivity index (χ4v) is 2.15. The van der Waals surface area contributed by atoms with Crippen LogP contribution in [-0.4, -0.2) is 22.7 Å². The van der Waals surface area contributed by atoms with Crippen LogP contribution >= 0.6 is 15.9 Å². The largest absolute Gasteiger partial charge is 0.351 e. The number of carbonyl (C=O) groups is 1. The Bertz CT molecular complexity index is 489. The molecule has 110 valence electrons. The number of nitrogens with zero attached hydrogens (tertiary/aromatic N) is 1. The van der Waals surface area contributed by atoms with Crippen molar-refractivity contribution < 1.29 is 9.72 Å². The van der Waals surface area contributed by atoms with Crippen LogP contribution in [0.15, 0.2) is 24.3 Å². The maximum absolute atomic E-state index is 12.1. The number of benzene rings is 1. The molecule has 1 rings (SSSR count). The lowest BCUT2D eigenvalue weighted by Crippen LogP contribution is -2.34. The molecule has 0 aliphatic carbocycles. The van der Waals surface area contributed by atoms with E-state index in [1.54, 1.807) is 12.1 Å². The summed E-state index contributed by atoms with van der Waals surface area (Å²) in [6.45, 7) is 4.62. The van der Waals surface area contributed by atoms with Crippen molar-refractivity contribution in [3.63, 3.8) is 0 Å². The summed E-state index contributed by atoms with van der Waals surface area (Å²) in [5.41, 5.74) is -0.0930. The van der Waals surface area contributed by atoms with E-state index >= 15 is 0 Å². The average Bonchev–Trinajstić information content (AvgIpc) is 2.42. The minimum atomic E-state index is -0.537.